The van der Waals surface area contributed by atoms with Gasteiger partial charge in [0.25, 0.3) is 0 Å². The average Bonchev–Trinajstić information content (AvgIpc) is 3.25. The zero-order valence-electron chi connectivity index (χ0n) is 15.2. The zero-order chi connectivity index (χ0) is 17.7. The van der Waals surface area contributed by atoms with Gasteiger partial charge in [-0.3, -0.25) is 0 Å². The highest BCUT2D eigenvalue weighted by Gasteiger charge is 2.45. The summed E-state index contributed by atoms with van der Waals surface area (Å²) in [7, 11) is -1.77. The molecule has 4 heteroatoms. The molecule has 0 saturated carbocycles. The lowest BCUT2D eigenvalue weighted by Gasteiger charge is -2.28. The molecule has 0 bridgehead atoms. The van der Waals surface area contributed by atoms with Crippen molar-refractivity contribution in [3.8, 4) is 0 Å². The summed E-state index contributed by atoms with van der Waals surface area (Å²) in [6.07, 6.45) is 1.87. The van der Waals surface area contributed by atoms with Crippen molar-refractivity contribution in [3.63, 3.8) is 0 Å². The van der Waals surface area contributed by atoms with Crippen LogP contribution in [0.25, 0.3) is 0 Å². The van der Waals surface area contributed by atoms with Crippen molar-refractivity contribution < 1.29 is 9.47 Å². The fourth-order valence-electron chi connectivity index (χ4n) is 3.75. The third-order valence-corrected chi connectivity index (χ3v) is 9.45. The van der Waals surface area contributed by atoms with Crippen LogP contribution in [0.5, 0.6) is 0 Å². The Kier molecular flexibility index (Phi) is 7.20. The number of benzene rings is 3. The van der Waals surface area contributed by atoms with Gasteiger partial charge >= 0.3 is 0 Å². The minimum absolute atomic E-state index is 0. The molecule has 27 heavy (non-hydrogen) atoms. The van der Waals surface area contributed by atoms with E-state index in [0.29, 0.717) is 13.2 Å². The molecule has 0 radical (unpaired) electrons. The number of hydrogen-bond acceptors (Lipinski definition) is 2. The van der Waals surface area contributed by atoms with Gasteiger partial charge in [0.15, 0.2) is 6.29 Å². The van der Waals surface area contributed by atoms with E-state index in [-0.39, 0.29) is 23.3 Å². The molecule has 0 aromatic heterocycles. The summed E-state index contributed by atoms with van der Waals surface area (Å²) in [6.45, 7) is 1.41. The summed E-state index contributed by atoms with van der Waals surface area (Å²) in [5.41, 5.74) is 0. The predicted molar refractivity (Wildman–Crippen MR) is 121 cm³/mol. The average molecular weight is 444 g/mol. The first-order valence-electron chi connectivity index (χ1n) is 9.18. The molecule has 3 aromatic carbocycles. The van der Waals surface area contributed by atoms with Crippen molar-refractivity contribution in [1.29, 1.82) is 0 Å². The number of hydrogen-bond donors (Lipinski definition) is 0. The monoisotopic (exact) mass is 443 g/mol. The Morgan fingerprint density at radius 3 is 1.37 bits per heavy atom. The number of rotatable bonds is 6. The van der Waals surface area contributed by atoms with Gasteiger partial charge in [-0.25, -0.2) is 0 Å². The second kappa shape index (κ2) is 9.61. The maximum Gasteiger partial charge on any atom is 0.161 e. The van der Waals surface area contributed by atoms with Gasteiger partial charge in [0, 0.05) is 6.42 Å². The van der Waals surface area contributed by atoms with Gasteiger partial charge in [-0.1, -0.05) is 54.6 Å². The zero-order valence-corrected chi connectivity index (χ0v) is 17.8. The summed E-state index contributed by atoms with van der Waals surface area (Å²) in [5, 5.41) is 4.24. The molecule has 2 nitrogen and oxygen atoms in total. The Labute approximate surface area is 172 Å². The molecule has 1 heterocycles. The molecule has 140 valence electrons. The van der Waals surface area contributed by atoms with Crippen LogP contribution in [0.4, 0.5) is 0 Å². The molecule has 4 rings (SSSR count). The largest absolute Gasteiger partial charge is 0.350 e. The van der Waals surface area contributed by atoms with E-state index < -0.39 is 7.26 Å². The molecule has 0 spiro atoms. The van der Waals surface area contributed by atoms with Gasteiger partial charge in [0.05, 0.1) is 19.4 Å². The van der Waals surface area contributed by atoms with E-state index in [9.17, 15) is 0 Å². The molecular weight excluding hydrogens is 419 g/mol. The standard InChI is InChI=1S/C23H24O2P.BrH/c1-4-10-20(11-5-1)26(21-12-6-2-7-13-21,22-14-8-3-9-15-22)19-16-23-24-17-18-25-23;/h1-15,23H,16-19H2;1H/q+1;. The van der Waals surface area contributed by atoms with Crippen LogP contribution in [0, 0.1) is 0 Å². The molecular formula is C23H25BrO2P+. The van der Waals surface area contributed by atoms with Crippen LogP contribution < -0.4 is 15.9 Å². The second-order valence-electron chi connectivity index (χ2n) is 6.50. The highest BCUT2D eigenvalue weighted by Crippen LogP contribution is 2.56. The third-order valence-electron chi connectivity index (χ3n) is 4.98. The SMILES string of the molecule is Br.c1ccc([P+](CCC2OCCO2)(c2ccccc2)c2ccccc2)cc1. The lowest BCUT2D eigenvalue weighted by molar-refractivity contribution is -0.0423. The normalized spacial score (nSPS) is 14.7. The van der Waals surface area contributed by atoms with Gasteiger partial charge in [-0.2, -0.15) is 0 Å². The summed E-state index contributed by atoms with van der Waals surface area (Å²) >= 11 is 0. The number of halogens is 1. The Morgan fingerprint density at radius 1 is 0.630 bits per heavy atom. The van der Waals surface area contributed by atoms with Crippen LogP contribution >= 0.6 is 24.2 Å². The van der Waals surface area contributed by atoms with Crippen LogP contribution in [0.2, 0.25) is 0 Å². The van der Waals surface area contributed by atoms with Gasteiger partial charge in [-0.05, 0) is 36.4 Å². The van der Waals surface area contributed by atoms with Crippen LogP contribution in [0.15, 0.2) is 91.0 Å². The summed E-state index contributed by atoms with van der Waals surface area (Å²) in [4.78, 5) is 0. The molecule has 1 fully saturated rings. The van der Waals surface area contributed by atoms with E-state index in [1.54, 1.807) is 0 Å². The molecule has 1 saturated heterocycles. The first-order valence-corrected chi connectivity index (χ1v) is 11.2. The summed E-state index contributed by atoms with van der Waals surface area (Å²) in [6, 6.07) is 32.9. The first-order chi connectivity index (χ1) is 12.9. The lowest BCUT2D eigenvalue weighted by atomic mass is 10.3. The lowest BCUT2D eigenvalue weighted by Crippen LogP contribution is -2.34. The maximum absolute atomic E-state index is 5.75. The fourth-order valence-corrected chi connectivity index (χ4v) is 8.07. The van der Waals surface area contributed by atoms with E-state index in [0.717, 1.165) is 12.6 Å². The van der Waals surface area contributed by atoms with Gasteiger partial charge < -0.3 is 9.47 Å². The van der Waals surface area contributed by atoms with Crippen LogP contribution in [0.3, 0.4) is 0 Å². The van der Waals surface area contributed by atoms with Crippen molar-refractivity contribution in [2.75, 3.05) is 19.4 Å². The van der Waals surface area contributed by atoms with Crippen LogP contribution in [0.1, 0.15) is 6.42 Å². The predicted octanol–water partition coefficient (Wildman–Crippen LogP) is 4.32. The van der Waals surface area contributed by atoms with E-state index in [4.69, 9.17) is 9.47 Å². The van der Waals surface area contributed by atoms with E-state index in [2.05, 4.69) is 91.0 Å². The van der Waals surface area contributed by atoms with Crippen LogP contribution in [-0.2, 0) is 9.47 Å². The Hall–Kier alpha value is -1.51. The second-order valence-corrected chi connectivity index (χ2v) is 10.1. The minimum Gasteiger partial charge on any atom is -0.350 e. The topological polar surface area (TPSA) is 18.5 Å². The molecule has 0 aliphatic carbocycles. The smallest absolute Gasteiger partial charge is 0.161 e. The Bertz CT molecular complexity index is 709. The van der Waals surface area contributed by atoms with Crippen molar-refractivity contribution in [1.82, 2.24) is 0 Å². The van der Waals surface area contributed by atoms with Gasteiger partial charge in [0.1, 0.15) is 23.2 Å². The van der Waals surface area contributed by atoms with Gasteiger partial charge in [-0.15, -0.1) is 17.0 Å². The third kappa shape index (κ3) is 4.33. The van der Waals surface area contributed by atoms with Crippen molar-refractivity contribution >= 4 is 40.2 Å². The Balaban J connectivity index is 0.00000210. The van der Waals surface area contributed by atoms with E-state index in [1.807, 2.05) is 0 Å². The highest BCUT2D eigenvalue weighted by atomic mass is 79.9. The van der Waals surface area contributed by atoms with E-state index >= 15 is 0 Å². The molecule has 1 aliphatic rings. The van der Waals surface area contributed by atoms with Crippen LogP contribution in [-0.4, -0.2) is 25.7 Å². The molecule has 0 amide bonds. The van der Waals surface area contributed by atoms with E-state index in [1.165, 1.54) is 15.9 Å². The highest BCUT2D eigenvalue weighted by molar-refractivity contribution is 8.93. The van der Waals surface area contributed by atoms with Crippen molar-refractivity contribution in [2.45, 2.75) is 12.7 Å². The Morgan fingerprint density at radius 2 is 1.00 bits per heavy atom. The summed E-state index contributed by atoms with van der Waals surface area (Å²) in [5.74, 6) is 0. The minimum atomic E-state index is -1.77. The molecule has 3 aromatic rings. The fraction of sp³-hybridized carbons (Fsp3) is 0.217. The van der Waals surface area contributed by atoms with Crippen molar-refractivity contribution in [2.24, 2.45) is 0 Å². The molecule has 0 atom stereocenters. The molecule has 0 N–H and O–H groups in total. The summed E-state index contributed by atoms with van der Waals surface area (Å²) < 4.78 is 11.5. The molecule has 0 unspecified atom stereocenters. The van der Waals surface area contributed by atoms with Gasteiger partial charge in [0.2, 0.25) is 0 Å². The first kappa shape index (κ1) is 20.2. The maximum atomic E-state index is 5.75. The van der Waals surface area contributed by atoms with Crippen molar-refractivity contribution in [3.05, 3.63) is 91.0 Å². The quantitative estimate of drug-likeness (QED) is 0.528. The molecule has 1 aliphatic heterocycles. The number of ether oxygens (including phenoxy) is 2.